The zero-order valence-electron chi connectivity index (χ0n) is 18.0. The van der Waals surface area contributed by atoms with Gasteiger partial charge in [-0.3, -0.25) is 14.3 Å². The van der Waals surface area contributed by atoms with Gasteiger partial charge in [0.15, 0.2) is 6.61 Å². The quantitative estimate of drug-likeness (QED) is 0.606. The summed E-state index contributed by atoms with van der Waals surface area (Å²) in [7, 11) is 1.87. The van der Waals surface area contributed by atoms with Crippen LogP contribution in [0.1, 0.15) is 34.6 Å². The van der Waals surface area contributed by atoms with Crippen LogP contribution < -0.4 is 5.32 Å². The van der Waals surface area contributed by atoms with E-state index in [1.165, 1.54) is 0 Å². The molecule has 0 aliphatic heterocycles. The van der Waals surface area contributed by atoms with Crippen molar-refractivity contribution in [2.75, 3.05) is 11.9 Å². The van der Waals surface area contributed by atoms with Crippen molar-refractivity contribution >= 4 is 17.7 Å². The van der Waals surface area contributed by atoms with Gasteiger partial charge in [-0.1, -0.05) is 17.7 Å². The van der Waals surface area contributed by atoms with Crippen molar-refractivity contribution in [1.29, 1.82) is 0 Å². The summed E-state index contributed by atoms with van der Waals surface area (Å²) in [6.45, 7) is 7.39. The van der Waals surface area contributed by atoms with Crippen molar-refractivity contribution in [3.63, 3.8) is 0 Å². The Morgan fingerprint density at radius 2 is 1.77 bits per heavy atom. The lowest BCUT2D eigenvalue weighted by Crippen LogP contribution is -2.22. The number of benzene rings is 1. The Balaban J connectivity index is 1.55. The van der Waals surface area contributed by atoms with E-state index in [-0.39, 0.29) is 13.0 Å². The zero-order valence-corrected chi connectivity index (χ0v) is 18.0. The number of esters is 1. The maximum absolute atomic E-state index is 12.3. The van der Waals surface area contributed by atoms with E-state index in [4.69, 9.17) is 4.74 Å². The van der Waals surface area contributed by atoms with Gasteiger partial charge in [0.05, 0.1) is 17.1 Å². The van der Waals surface area contributed by atoms with Crippen molar-refractivity contribution in [3.05, 3.63) is 58.5 Å². The molecular formula is C22H27N5O3. The summed E-state index contributed by atoms with van der Waals surface area (Å²) in [5.41, 5.74) is 5.71. The lowest BCUT2D eigenvalue weighted by Gasteiger charge is -2.10. The molecule has 2 aromatic heterocycles. The van der Waals surface area contributed by atoms with E-state index >= 15 is 0 Å². The topological polar surface area (TPSA) is 91.0 Å². The summed E-state index contributed by atoms with van der Waals surface area (Å²) in [5.74, 6) is -0.305. The van der Waals surface area contributed by atoms with Gasteiger partial charge in [0.25, 0.3) is 5.91 Å². The standard InChI is InChI=1S/C22H27N5O3/c1-14-6-8-18(9-7-14)27-20(12-15(2)24-27)23-21(28)13-30-22(29)11-10-19-16(3)25-26(5)17(19)4/h6-9,12H,10-11,13H2,1-5H3,(H,23,28). The van der Waals surface area contributed by atoms with Gasteiger partial charge in [0.2, 0.25) is 0 Å². The Morgan fingerprint density at radius 1 is 1.07 bits per heavy atom. The van der Waals surface area contributed by atoms with E-state index in [0.29, 0.717) is 12.2 Å². The molecule has 158 valence electrons. The van der Waals surface area contributed by atoms with Crippen LogP contribution in [0.5, 0.6) is 0 Å². The van der Waals surface area contributed by atoms with Crippen LogP contribution in [0.2, 0.25) is 0 Å². The molecule has 8 heteroatoms. The molecule has 0 aliphatic carbocycles. The van der Waals surface area contributed by atoms with Crippen LogP contribution in [0.15, 0.2) is 30.3 Å². The van der Waals surface area contributed by atoms with Crippen LogP contribution in [-0.4, -0.2) is 38.0 Å². The van der Waals surface area contributed by atoms with Crippen molar-refractivity contribution in [1.82, 2.24) is 19.6 Å². The Labute approximate surface area is 175 Å². The first-order chi connectivity index (χ1) is 14.2. The minimum Gasteiger partial charge on any atom is -0.456 e. The highest BCUT2D eigenvalue weighted by Crippen LogP contribution is 2.18. The number of ether oxygens (including phenoxy) is 1. The summed E-state index contributed by atoms with van der Waals surface area (Å²) < 4.78 is 8.59. The van der Waals surface area contributed by atoms with E-state index in [9.17, 15) is 9.59 Å². The maximum atomic E-state index is 12.3. The molecule has 0 unspecified atom stereocenters. The number of hydrogen-bond acceptors (Lipinski definition) is 5. The number of carbonyl (C=O) groups is 2. The van der Waals surface area contributed by atoms with Gasteiger partial charge in [0, 0.05) is 25.2 Å². The van der Waals surface area contributed by atoms with Crippen molar-refractivity contribution in [3.8, 4) is 5.69 Å². The lowest BCUT2D eigenvalue weighted by atomic mass is 10.1. The first kappa shape index (κ1) is 21.3. The van der Waals surface area contributed by atoms with Crippen molar-refractivity contribution < 1.29 is 14.3 Å². The monoisotopic (exact) mass is 409 g/mol. The third-order valence-corrected chi connectivity index (χ3v) is 4.98. The SMILES string of the molecule is Cc1ccc(-n2nc(C)cc2NC(=O)COC(=O)CCc2c(C)nn(C)c2C)cc1. The Bertz CT molecular complexity index is 1060. The molecule has 2 heterocycles. The third kappa shape index (κ3) is 4.94. The molecule has 8 nitrogen and oxygen atoms in total. The van der Waals surface area contributed by atoms with Gasteiger partial charge >= 0.3 is 5.97 Å². The molecule has 1 N–H and O–H groups in total. The van der Waals surface area contributed by atoms with Gasteiger partial charge in [-0.25, -0.2) is 4.68 Å². The second-order valence-corrected chi connectivity index (χ2v) is 7.40. The molecule has 30 heavy (non-hydrogen) atoms. The Hall–Kier alpha value is -3.42. The van der Waals surface area contributed by atoms with Crippen LogP contribution in [0.3, 0.4) is 0 Å². The Morgan fingerprint density at radius 3 is 2.40 bits per heavy atom. The average Bonchev–Trinajstić information content (AvgIpc) is 3.17. The summed E-state index contributed by atoms with van der Waals surface area (Å²) >= 11 is 0. The van der Waals surface area contributed by atoms with Gasteiger partial charge in [0.1, 0.15) is 5.82 Å². The van der Waals surface area contributed by atoms with Gasteiger partial charge in [-0.15, -0.1) is 0 Å². The third-order valence-electron chi connectivity index (χ3n) is 4.98. The summed E-state index contributed by atoms with van der Waals surface area (Å²) in [6, 6.07) is 9.59. The molecule has 0 spiro atoms. The second kappa shape index (κ2) is 8.94. The first-order valence-corrected chi connectivity index (χ1v) is 9.83. The number of aromatic nitrogens is 4. The molecule has 1 amide bonds. The molecular weight excluding hydrogens is 382 g/mol. The number of amides is 1. The number of anilines is 1. The van der Waals surface area contributed by atoms with E-state index in [1.807, 2.05) is 59.0 Å². The molecule has 0 fully saturated rings. The number of aryl methyl sites for hydroxylation is 4. The highest BCUT2D eigenvalue weighted by atomic mass is 16.5. The summed E-state index contributed by atoms with van der Waals surface area (Å²) in [4.78, 5) is 24.4. The molecule has 0 atom stereocenters. The first-order valence-electron chi connectivity index (χ1n) is 9.83. The molecule has 0 bridgehead atoms. The average molecular weight is 409 g/mol. The Kier molecular flexibility index (Phi) is 6.34. The van der Waals surface area contributed by atoms with Crippen molar-refractivity contribution in [2.45, 2.75) is 40.5 Å². The molecule has 0 saturated carbocycles. The van der Waals surface area contributed by atoms with Crippen LogP contribution >= 0.6 is 0 Å². The zero-order chi connectivity index (χ0) is 21.8. The van der Waals surface area contributed by atoms with Gasteiger partial charge in [-0.2, -0.15) is 10.2 Å². The minimum atomic E-state index is -0.420. The fourth-order valence-corrected chi connectivity index (χ4v) is 3.27. The van der Waals surface area contributed by atoms with E-state index < -0.39 is 11.9 Å². The van der Waals surface area contributed by atoms with Crippen LogP contribution in [0, 0.1) is 27.7 Å². The highest BCUT2D eigenvalue weighted by molar-refractivity contribution is 5.92. The van der Waals surface area contributed by atoms with Crippen LogP contribution in [0.4, 0.5) is 5.82 Å². The van der Waals surface area contributed by atoms with Crippen LogP contribution in [-0.2, 0) is 27.8 Å². The molecule has 3 rings (SSSR count). The fourth-order valence-electron chi connectivity index (χ4n) is 3.27. The molecule has 0 saturated heterocycles. The van der Waals surface area contributed by atoms with Gasteiger partial charge < -0.3 is 10.1 Å². The molecule has 1 aromatic carbocycles. The van der Waals surface area contributed by atoms with Crippen molar-refractivity contribution in [2.24, 2.45) is 7.05 Å². The minimum absolute atomic E-state index is 0.195. The summed E-state index contributed by atoms with van der Waals surface area (Å²) in [6.07, 6.45) is 0.729. The number of rotatable bonds is 7. The molecule has 0 radical (unpaired) electrons. The molecule has 0 aliphatic rings. The van der Waals surface area contributed by atoms with E-state index in [2.05, 4.69) is 15.5 Å². The van der Waals surface area contributed by atoms with E-state index in [0.717, 1.165) is 33.9 Å². The fraction of sp³-hybridized carbons (Fsp3) is 0.364. The predicted octanol–water partition coefficient (Wildman–Crippen LogP) is 2.95. The number of nitrogens with zero attached hydrogens (tertiary/aromatic N) is 4. The number of carbonyl (C=O) groups excluding carboxylic acids is 2. The van der Waals surface area contributed by atoms with Crippen LogP contribution in [0.25, 0.3) is 5.69 Å². The second-order valence-electron chi connectivity index (χ2n) is 7.40. The molecule has 3 aromatic rings. The summed E-state index contributed by atoms with van der Waals surface area (Å²) in [5, 5.41) is 11.5. The normalized spacial score (nSPS) is 10.8. The predicted molar refractivity (Wildman–Crippen MR) is 114 cm³/mol. The smallest absolute Gasteiger partial charge is 0.306 e. The largest absolute Gasteiger partial charge is 0.456 e. The highest BCUT2D eigenvalue weighted by Gasteiger charge is 2.15. The number of nitrogens with one attached hydrogen (secondary N) is 1. The maximum Gasteiger partial charge on any atom is 0.306 e. The van der Waals surface area contributed by atoms with Gasteiger partial charge in [-0.05, 0) is 51.8 Å². The van der Waals surface area contributed by atoms with E-state index in [1.54, 1.807) is 15.4 Å². The number of hydrogen-bond donors (Lipinski definition) is 1. The lowest BCUT2D eigenvalue weighted by molar-refractivity contribution is -0.147.